The molecule has 0 amide bonds. The van der Waals surface area contributed by atoms with Crippen molar-refractivity contribution in [2.45, 2.75) is 19.8 Å². The number of rotatable bonds is 4. The second kappa shape index (κ2) is 6.99. The third kappa shape index (κ3) is 3.80. The van der Waals surface area contributed by atoms with Crippen LogP contribution in [0.1, 0.15) is 25.3 Å². The first-order chi connectivity index (χ1) is 10.3. The molecule has 2 rings (SSSR count). The molecule has 0 fully saturated rings. The molecule has 0 saturated heterocycles. The number of nitro groups is 1. The van der Waals surface area contributed by atoms with E-state index in [-0.39, 0.29) is 17.4 Å². The van der Waals surface area contributed by atoms with Gasteiger partial charge in [-0.3, -0.25) is 10.1 Å². The zero-order valence-electron chi connectivity index (χ0n) is 11.8. The van der Waals surface area contributed by atoms with Crippen molar-refractivity contribution in [3.05, 3.63) is 53.1 Å². The Morgan fingerprint density at radius 1 is 1.18 bits per heavy atom. The molecule has 0 bridgehead atoms. The number of nitro benzene ring substituents is 1. The molecule has 5 nitrogen and oxygen atoms in total. The third-order valence-corrected chi connectivity index (χ3v) is 4.64. The summed E-state index contributed by atoms with van der Waals surface area (Å²) in [5.74, 6) is 1.56. The summed E-state index contributed by atoms with van der Waals surface area (Å²) in [6, 6.07) is 8.00. The minimum absolute atomic E-state index is 0.0368. The Bertz CT molecular complexity index is 708. The van der Waals surface area contributed by atoms with Gasteiger partial charge in [0, 0.05) is 17.7 Å². The highest BCUT2D eigenvalue weighted by Gasteiger charge is 2.16. The third-order valence-electron chi connectivity index (χ3n) is 3.03. The maximum Gasteiger partial charge on any atom is 0.271 e. The lowest BCUT2D eigenvalue weighted by Gasteiger charge is -2.13. The second-order valence-corrected chi connectivity index (χ2v) is 7.30. The number of aromatic hydroxyl groups is 1. The monoisotopic (exact) mass is 525 g/mol. The van der Waals surface area contributed by atoms with Gasteiger partial charge in [-0.25, -0.2) is 0 Å². The van der Waals surface area contributed by atoms with Crippen LogP contribution in [-0.2, 0) is 0 Å². The normalized spacial score (nSPS) is 10.8. The SMILES string of the molecule is CC(C)c1cc(Oc2c(I)cc([N+](=O)[O-])cc2I)ccc1O. The zero-order valence-corrected chi connectivity index (χ0v) is 16.2. The fraction of sp³-hybridized carbons (Fsp3) is 0.200. The predicted molar refractivity (Wildman–Crippen MR) is 101 cm³/mol. The number of hydrogen-bond donors (Lipinski definition) is 1. The van der Waals surface area contributed by atoms with Gasteiger partial charge in [0.1, 0.15) is 11.5 Å². The van der Waals surface area contributed by atoms with Crippen LogP contribution in [0.5, 0.6) is 17.2 Å². The molecule has 22 heavy (non-hydrogen) atoms. The smallest absolute Gasteiger partial charge is 0.271 e. The van der Waals surface area contributed by atoms with E-state index in [1.807, 2.05) is 59.0 Å². The van der Waals surface area contributed by atoms with Crippen LogP contribution in [0.2, 0.25) is 0 Å². The van der Waals surface area contributed by atoms with Crippen molar-refractivity contribution in [3.8, 4) is 17.2 Å². The molecule has 0 radical (unpaired) electrons. The van der Waals surface area contributed by atoms with Crippen molar-refractivity contribution in [2.75, 3.05) is 0 Å². The Kier molecular flexibility index (Phi) is 5.48. The quantitative estimate of drug-likeness (QED) is 0.329. The van der Waals surface area contributed by atoms with Gasteiger partial charge in [-0.15, -0.1) is 0 Å². The van der Waals surface area contributed by atoms with Crippen LogP contribution in [0.3, 0.4) is 0 Å². The molecule has 1 N–H and O–H groups in total. The molecule has 7 heteroatoms. The highest BCUT2D eigenvalue weighted by Crippen LogP contribution is 2.37. The molecular formula is C15H13I2NO4. The van der Waals surface area contributed by atoms with Gasteiger partial charge in [-0.1, -0.05) is 13.8 Å². The zero-order chi connectivity index (χ0) is 16.4. The van der Waals surface area contributed by atoms with Crippen molar-refractivity contribution in [3.63, 3.8) is 0 Å². The largest absolute Gasteiger partial charge is 0.508 e. The molecule has 0 saturated carbocycles. The Hall–Kier alpha value is -1.10. The van der Waals surface area contributed by atoms with Crippen molar-refractivity contribution < 1.29 is 14.8 Å². The average molecular weight is 525 g/mol. The van der Waals surface area contributed by atoms with E-state index in [0.29, 0.717) is 18.6 Å². The lowest BCUT2D eigenvalue weighted by molar-refractivity contribution is -0.385. The maximum atomic E-state index is 10.9. The van der Waals surface area contributed by atoms with Crippen LogP contribution in [0.25, 0.3) is 0 Å². The number of phenols is 1. The average Bonchev–Trinajstić information content (AvgIpc) is 2.43. The van der Waals surface area contributed by atoms with Gasteiger partial charge in [0.25, 0.3) is 5.69 Å². The van der Waals surface area contributed by atoms with E-state index < -0.39 is 4.92 Å². The Balaban J connectivity index is 2.39. The van der Waals surface area contributed by atoms with Crippen LogP contribution in [0, 0.1) is 17.3 Å². The van der Waals surface area contributed by atoms with Crippen LogP contribution in [-0.4, -0.2) is 10.0 Å². The van der Waals surface area contributed by atoms with Gasteiger partial charge in [0.2, 0.25) is 0 Å². The molecular weight excluding hydrogens is 512 g/mol. The number of halogens is 2. The number of non-ortho nitro benzene ring substituents is 1. The summed E-state index contributed by atoms with van der Waals surface area (Å²) in [6.45, 7) is 3.97. The summed E-state index contributed by atoms with van der Waals surface area (Å²) in [5, 5.41) is 20.7. The summed E-state index contributed by atoms with van der Waals surface area (Å²) < 4.78 is 7.20. The molecule has 0 spiro atoms. The highest BCUT2D eigenvalue weighted by molar-refractivity contribution is 14.1. The topological polar surface area (TPSA) is 72.6 Å². The molecule has 0 aliphatic rings. The van der Waals surface area contributed by atoms with E-state index in [1.54, 1.807) is 18.2 Å². The van der Waals surface area contributed by atoms with E-state index in [2.05, 4.69) is 0 Å². The first-order valence-electron chi connectivity index (χ1n) is 6.43. The molecule has 116 valence electrons. The van der Waals surface area contributed by atoms with Crippen molar-refractivity contribution in [1.82, 2.24) is 0 Å². The summed E-state index contributed by atoms with van der Waals surface area (Å²) in [6.07, 6.45) is 0. The number of benzene rings is 2. The molecule has 0 aromatic heterocycles. The van der Waals surface area contributed by atoms with Crippen LogP contribution < -0.4 is 4.74 Å². The number of nitrogens with zero attached hydrogens (tertiary/aromatic N) is 1. The van der Waals surface area contributed by atoms with Gasteiger partial charge in [-0.05, 0) is 69.3 Å². The molecule has 0 atom stereocenters. The predicted octanol–water partition coefficient (Wildman–Crippen LogP) is 5.43. The van der Waals surface area contributed by atoms with E-state index in [4.69, 9.17) is 4.74 Å². The lowest BCUT2D eigenvalue weighted by Crippen LogP contribution is -1.96. The van der Waals surface area contributed by atoms with Crippen LogP contribution >= 0.6 is 45.2 Å². The highest BCUT2D eigenvalue weighted by atomic mass is 127. The molecule has 0 aliphatic heterocycles. The van der Waals surface area contributed by atoms with Crippen molar-refractivity contribution >= 4 is 50.9 Å². The van der Waals surface area contributed by atoms with Gasteiger partial charge >= 0.3 is 0 Å². The lowest BCUT2D eigenvalue weighted by atomic mass is 10.0. The number of ether oxygens (including phenoxy) is 1. The van der Waals surface area contributed by atoms with Crippen LogP contribution in [0.4, 0.5) is 5.69 Å². The summed E-state index contributed by atoms with van der Waals surface area (Å²) in [4.78, 5) is 10.4. The minimum Gasteiger partial charge on any atom is -0.508 e. The minimum atomic E-state index is -0.425. The van der Waals surface area contributed by atoms with Gasteiger partial charge in [0.05, 0.1) is 12.1 Å². The number of phenolic OH excluding ortho intramolecular Hbond substituents is 1. The second-order valence-electron chi connectivity index (χ2n) is 4.97. The van der Waals surface area contributed by atoms with Gasteiger partial charge < -0.3 is 9.84 Å². The summed E-state index contributed by atoms with van der Waals surface area (Å²) in [5.41, 5.74) is 0.833. The van der Waals surface area contributed by atoms with E-state index >= 15 is 0 Å². The maximum absolute atomic E-state index is 10.9. The Morgan fingerprint density at radius 2 is 1.77 bits per heavy atom. The molecule has 2 aromatic rings. The summed E-state index contributed by atoms with van der Waals surface area (Å²) in [7, 11) is 0. The standard InChI is InChI=1S/C15H13I2NO4/c1-8(2)11-7-10(3-4-14(11)19)22-15-12(16)5-9(18(20)21)6-13(15)17/h3-8,19H,1-2H3. The van der Waals surface area contributed by atoms with Crippen LogP contribution in [0.15, 0.2) is 30.3 Å². The fourth-order valence-corrected chi connectivity index (χ4v) is 3.88. The number of hydrogen-bond acceptors (Lipinski definition) is 4. The molecule has 2 aromatic carbocycles. The van der Waals surface area contributed by atoms with Crippen molar-refractivity contribution in [1.29, 1.82) is 0 Å². The molecule has 0 unspecified atom stereocenters. The fourth-order valence-electron chi connectivity index (χ4n) is 1.93. The first-order valence-corrected chi connectivity index (χ1v) is 8.59. The molecule has 0 aliphatic carbocycles. The Labute approximate surface area is 155 Å². The summed E-state index contributed by atoms with van der Waals surface area (Å²) >= 11 is 4.03. The Morgan fingerprint density at radius 3 is 2.27 bits per heavy atom. The van der Waals surface area contributed by atoms with Crippen molar-refractivity contribution in [2.24, 2.45) is 0 Å². The van der Waals surface area contributed by atoms with Gasteiger partial charge in [0.15, 0.2) is 5.75 Å². The first kappa shape index (κ1) is 17.3. The van der Waals surface area contributed by atoms with Gasteiger partial charge in [-0.2, -0.15) is 0 Å². The van der Waals surface area contributed by atoms with E-state index in [9.17, 15) is 15.2 Å². The molecule has 0 heterocycles. The van der Waals surface area contributed by atoms with E-state index in [1.165, 1.54) is 12.1 Å². The van der Waals surface area contributed by atoms with E-state index in [0.717, 1.165) is 5.56 Å².